The van der Waals surface area contributed by atoms with E-state index in [-0.39, 0.29) is 54.9 Å². The van der Waals surface area contributed by atoms with Gasteiger partial charge in [-0.25, -0.2) is 24.5 Å². The SMILES string of the molecule is C#CC1(F)[C@@H](O)[C@@H](COP(=O)(NC(CC(C)C)C(=O)OCC)NC(CC(C)C)C(=O)OCC)O[C@H]1n1cnc2c(=O)[nH]c(C)nc21. The lowest BCUT2D eigenvalue weighted by Gasteiger charge is -2.30. The molecule has 0 aromatic carbocycles. The Bertz CT molecular complexity index is 1490. The number of hydrogen-bond donors (Lipinski definition) is 4. The lowest BCUT2D eigenvalue weighted by molar-refractivity contribution is -0.146. The number of aliphatic hydroxyl groups is 1. The lowest BCUT2D eigenvalue weighted by Crippen LogP contribution is -2.46. The average molecular weight is 671 g/mol. The third-order valence-electron chi connectivity index (χ3n) is 7.10. The number of terminal acetylenes is 1. The number of ether oxygens (including phenoxy) is 3. The van der Waals surface area contributed by atoms with Gasteiger partial charge in [-0.3, -0.25) is 23.5 Å². The van der Waals surface area contributed by atoms with Gasteiger partial charge in [0.25, 0.3) is 5.56 Å². The largest absolute Gasteiger partial charge is 0.465 e. The standard InChI is InChI=1S/C29H44FN6O9P/c1-9-29(30)23(37)21(45-28(29)36-15-31-22-24(36)32-18(8)33-25(22)38)14-44-46(41,34-19(12-16(4)5)26(39)42-10-2)35-20(13-17(6)7)27(40)43-11-3/h1,15-17,19-21,23,28,37H,10-14H2,2-8H3,(H,32,33,38)(H2,34,35,41)/t19?,20?,21-,23+,28-,29?,46?/m1/s1. The van der Waals surface area contributed by atoms with Crippen LogP contribution in [0.15, 0.2) is 11.1 Å². The van der Waals surface area contributed by atoms with E-state index in [1.807, 2.05) is 33.6 Å². The summed E-state index contributed by atoms with van der Waals surface area (Å²) in [5.74, 6) is 0.652. The van der Waals surface area contributed by atoms with E-state index in [1.54, 1.807) is 13.8 Å². The molecular formula is C29H44FN6O9P. The first-order valence-corrected chi connectivity index (χ1v) is 16.8. The number of imidazole rings is 1. The molecule has 0 bridgehead atoms. The molecule has 1 fully saturated rings. The van der Waals surface area contributed by atoms with Crippen LogP contribution in [-0.4, -0.2) is 86.3 Å². The first kappa shape index (κ1) is 37.3. The molecule has 0 spiro atoms. The Hall–Kier alpha value is -3.19. The van der Waals surface area contributed by atoms with E-state index in [2.05, 4.69) is 25.1 Å². The number of esters is 2. The summed E-state index contributed by atoms with van der Waals surface area (Å²) in [6.07, 6.45) is 1.80. The van der Waals surface area contributed by atoms with Gasteiger partial charge in [0.2, 0.25) is 5.67 Å². The molecule has 3 rings (SSSR count). The monoisotopic (exact) mass is 670 g/mol. The molecule has 256 valence electrons. The number of H-pyrrole nitrogens is 1. The number of halogens is 1. The molecule has 1 aliphatic heterocycles. The smallest absolute Gasteiger partial charge is 0.342 e. The highest BCUT2D eigenvalue weighted by molar-refractivity contribution is 7.54. The third kappa shape index (κ3) is 8.58. The molecule has 1 saturated heterocycles. The molecule has 46 heavy (non-hydrogen) atoms. The van der Waals surface area contributed by atoms with Crippen LogP contribution < -0.4 is 15.7 Å². The van der Waals surface area contributed by atoms with E-state index in [0.717, 1.165) is 10.9 Å². The van der Waals surface area contributed by atoms with Gasteiger partial charge in [0.1, 0.15) is 30.1 Å². The van der Waals surface area contributed by atoms with Gasteiger partial charge >= 0.3 is 19.6 Å². The number of fused-ring (bicyclic) bond motifs is 1. The maximum Gasteiger partial charge on any atom is 0.342 e. The predicted octanol–water partition coefficient (Wildman–Crippen LogP) is 2.29. The summed E-state index contributed by atoms with van der Waals surface area (Å²) < 4.78 is 53.9. The molecule has 15 nitrogen and oxygen atoms in total. The molecule has 0 amide bonds. The number of rotatable bonds is 16. The second-order valence-corrected chi connectivity index (χ2v) is 13.7. The molecule has 2 aromatic rings. The Labute approximate surface area is 266 Å². The van der Waals surface area contributed by atoms with Crippen molar-refractivity contribution in [1.82, 2.24) is 29.7 Å². The molecule has 0 saturated carbocycles. The van der Waals surface area contributed by atoms with Crippen molar-refractivity contribution in [2.45, 2.75) is 97.5 Å². The molecular weight excluding hydrogens is 626 g/mol. The Morgan fingerprint density at radius 3 is 2.20 bits per heavy atom. The first-order valence-electron chi connectivity index (χ1n) is 15.2. The van der Waals surface area contributed by atoms with Gasteiger partial charge in [0.05, 0.1) is 26.1 Å². The number of aromatic nitrogens is 4. The van der Waals surface area contributed by atoms with Crippen LogP contribution in [0.4, 0.5) is 4.39 Å². The number of alkyl halides is 1. The zero-order chi connectivity index (χ0) is 34.4. The van der Waals surface area contributed by atoms with E-state index >= 15 is 4.39 Å². The minimum Gasteiger partial charge on any atom is -0.465 e. The number of carbonyl (C=O) groups excluding carboxylic acids is 2. The fraction of sp³-hybridized carbons (Fsp3) is 0.690. The molecule has 17 heteroatoms. The molecule has 3 unspecified atom stereocenters. The van der Waals surface area contributed by atoms with Gasteiger partial charge in [-0.15, -0.1) is 6.42 Å². The van der Waals surface area contributed by atoms with Crippen LogP contribution in [0.25, 0.3) is 11.2 Å². The molecule has 1 aliphatic rings. The summed E-state index contributed by atoms with van der Waals surface area (Å²) in [7, 11) is -4.40. The minimum atomic E-state index is -4.40. The third-order valence-corrected chi connectivity index (χ3v) is 8.91. The number of hydrogen-bond acceptors (Lipinski definition) is 11. The van der Waals surface area contributed by atoms with Gasteiger partial charge in [-0.05, 0) is 45.4 Å². The van der Waals surface area contributed by atoms with Crippen molar-refractivity contribution >= 4 is 30.8 Å². The summed E-state index contributed by atoms with van der Waals surface area (Å²) in [5, 5.41) is 16.5. The zero-order valence-corrected chi connectivity index (χ0v) is 28.0. The van der Waals surface area contributed by atoms with E-state index in [1.165, 1.54) is 6.92 Å². The fourth-order valence-electron chi connectivity index (χ4n) is 5.05. The van der Waals surface area contributed by atoms with Crippen LogP contribution in [0, 0.1) is 31.1 Å². The number of carbonyl (C=O) groups is 2. The maximum atomic E-state index is 16.3. The van der Waals surface area contributed by atoms with E-state index < -0.39 is 68.0 Å². The number of aliphatic hydroxyl groups excluding tert-OH is 1. The van der Waals surface area contributed by atoms with E-state index in [0.29, 0.717) is 0 Å². The summed E-state index contributed by atoms with van der Waals surface area (Å²) in [5.41, 5.74) is -3.58. The number of nitrogens with zero attached hydrogens (tertiary/aromatic N) is 3. The Balaban J connectivity index is 1.97. The number of aryl methyl sites for hydroxylation is 1. The van der Waals surface area contributed by atoms with Crippen molar-refractivity contribution in [2.24, 2.45) is 11.8 Å². The molecule has 0 radical (unpaired) electrons. The Morgan fingerprint density at radius 2 is 1.72 bits per heavy atom. The summed E-state index contributed by atoms with van der Waals surface area (Å²) in [6.45, 7) is 11.6. The second kappa shape index (κ2) is 15.6. The fourth-order valence-corrected chi connectivity index (χ4v) is 6.87. The molecule has 6 atom stereocenters. The van der Waals surface area contributed by atoms with Crippen LogP contribution in [0.3, 0.4) is 0 Å². The molecule has 0 aliphatic carbocycles. The van der Waals surface area contributed by atoms with Crippen molar-refractivity contribution < 1.29 is 42.4 Å². The maximum absolute atomic E-state index is 16.3. The van der Waals surface area contributed by atoms with Gasteiger partial charge in [-0.2, -0.15) is 0 Å². The molecule has 2 aromatic heterocycles. The highest BCUT2D eigenvalue weighted by Crippen LogP contribution is 2.46. The van der Waals surface area contributed by atoms with Gasteiger partial charge in [0.15, 0.2) is 17.4 Å². The Kier molecular flexibility index (Phi) is 12.6. The van der Waals surface area contributed by atoms with Gasteiger partial charge < -0.3 is 28.8 Å². The van der Waals surface area contributed by atoms with E-state index in [9.17, 15) is 24.1 Å². The highest BCUT2D eigenvalue weighted by Gasteiger charge is 2.58. The predicted molar refractivity (Wildman–Crippen MR) is 165 cm³/mol. The average Bonchev–Trinajstić information content (AvgIpc) is 3.49. The zero-order valence-electron chi connectivity index (χ0n) is 27.1. The summed E-state index contributed by atoms with van der Waals surface area (Å²) >= 11 is 0. The van der Waals surface area contributed by atoms with Crippen LogP contribution in [-0.2, 0) is 32.9 Å². The molecule has 3 heterocycles. The van der Waals surface area contributed by atoms with E-state index in [4.69, 9.17) is 25.2 Å². The van der Waals surface area contributed by atoms with Crippen LogP contribution in [0.2, 0.25) is 0 Å². The van der Waals surface area contributed by atoms with Crippen LogP contribution in [0.5, 0.6) is 0 Å². The summed E-state index contributed by atoms with van der Waals surface area (Å²) in [4.78, 5) is 48.8. The normalized spacial score (nSPS) is 24.1. The van der Waals surface area contributed by atoms with Crippen molar-refractivity contribution in [3.63, 3.8) is 0 Å². The second-order valence-electron chi connectivity index (χ2n) is 11.8. The molecule has 4 N–H and O–H groups in total. The van der Waals surface area contributed by atoms with Gasteiger partial charge in [0, 0.05) is 0 Å². The van der Waals surface area contributed by atoms with Crippen LogP contribution in [0.1, 0.15) is 66.4 Å². The van der Waals surface area contributed by atoms with Crippen molar-refractivity contribution in [3.05, 3.63) is 22.5 Å². The van der Waals surface area contributed by atoms with Crippen molar-refractivity contribution in [3.8, 4) is 12.3 Å². The minimum absolute atomic E-state index is 0.0387. The van der Waals surface area contributed by atoms with Crippen LogP contribution >= 0.6 is 7.67 Å². The first-order chi connectivity index (χ1) is 21.6. The number of nitrogens with one attached hydrogen (secondary N) is 3. The van der Waals surface area contributed by atoms with Crippen molar-refractivity contribution in [1.29, 1.82) is 0 Å². The number of aromatic amines is 1. The quantitative estimate of drug-likeness (QED) is 0.115. The van der Waals surface area contributed by atoms with Gasteiger partial charge in [-0.1, -0.05) is 33.6 Å². The lowest BCUT2D eigenvalue weighted by atomic mass is 9.97. The highest BCUT2D eigenvalue weighted by atomic mass is 31.2. The topological polar surface area (TPSA) is 196 Å². The summed E-state index contributed by atoms with van der Waals surface area (Å²) in [6, 6.07) is -2.25. The Morgan fingerprint density at radius 1 is 1.17 bits per heavy atom. The van der Waals surface area contributed by atoms with Crippen molar-refractivity contribution in [2.75, 3.05) is 19.8 Å².